The summed E-state index contributed by atoms with van der Waals surface area (Å²) in [6.07, 6.45) is 0. The van der Waals surface area contributed by atoms with Gasteiger partial charge in [0.2, 0.25) is 5.89 Å². The Morgan fingerprint density at radius 1 is 0.909 bits per heavy atom. The standard InChI is InChI=1S/C26H24N2O4S/c1-17-13-18(2)15-22(14-17)27-25(29)20-9-11-21(12-10-20)26-28-24(19(3)32-26)16-33(30,31)23-7-5-4-6-8-23/h4-15H,16H2,1-3H3,(H,27,29). The van der Waals surface area contributed by atoms with Crippen molar-refractivity contribution in [3.63, 3.8) is 0 Å². The maximum Gasteiger partial charge on any atom is 0.255 e. The van der Waals surface area contributed by atoms with Crippen LogP contribution in [0.2, 0.25) is 0 Å². The fourth-order valence-electron chi connectivity index (χ4n) is 3.59. The first-order chi connectivity index (χ1) is 15.7. The molecule has 0 aliphatic heterocycles. The summed E-state index contributed by atoms with van der Waals surface area (Å²) in [5, 5.41) is 2.91. The number of hydrogen-bond donors (Lipinski definition) is 1. The Bertz CT molecular complexity index is 1390. The summed E-state index contributed by atoms with van der Waals surface area (Å²) in [4.78, 5) is 17.3. The van der Waals surface area contributed by atoms with E-state index in [4.69, 9.17) is 4.42 Å². The van der Waals surface area contributed by atoms with E-state index in [1.54, 1.807) is 61.5 Å². The van der Waals surface area contributed by atoms with Crippen molar-refractivity contribution in [1.82, 2.24) is 4.98 Å². The average molecular weight is 461 g/mol. The highest BCUT2D eigenvalue weighted by Crippen LogP contribution is 2.25. The molecular weight excluding hydrogens is 436 g/mol. The minimum absolute atomic E-state index is 0.218. The van der Waals surface area contributed by atoms with Gasteiger partial charge in [-0.25, -0.2) is 13.4 Å². The van der Waals surface area contributed by atoms with Gasteiger partial charge in [-0.15, -0.1) is 0 Å². The molecule has 168 valence electrons. The summed E-state index contributed by atoms with van der Waals surface area (Å²) >= 11 is 0. The molecule has 0 spiro atoms. The zero-order valence-electron chi connectivity index (χ0n) is 18.6. The van der Waals surface area contributed by atoms with Crippen molar-refractivity contribution in [2.75, 3.05) is 5.32 Å². The van der Waals surface area contributed by atoms with Crippen LogP contribution in [-0.2, 0) is 15.6 Å². The van der Waals surface area contributed by atoms with Crippen LogP contribution in [0.15, 0.2) is 82.1 Å². The smallest absolute Gasteiger partial charge is 0.255 e. The molecule has 0 saturated heterocycles. The number of nitrogens with one attached hydrogen (secondary N) is 1. The molecule has 1 N–H and O–H groups in total. The molecule has 0 aliphatic rings. The second-order valence-electron chi connectivity index (χ2n) is 8.00. The maximum absolute atomic E-state index is 12.7. The Morgan fingerprint density at radius 3 is 2.18 bits per heavy atom. The quantitative estimate of drug-likeness (QED) is 0.411. The third-order valence-corrected chi connectivity index (χ3v) is 6.84. The number of carbonyl (C=O) groups excluding carboxylic acids is 1. The van der Waals surface area contributed by atoms with Gasteiger partial charge in [-0.2, -0.15) is 0 Å². The first-order valence-electron chi connectivity index (χ1n) is 10.5. The van der Waals surface area contributed by atoms with Crippen molar-refractivity contribution in [1.29, 1.82) is 0 Å². The number of anilines is 1. The van der Waals surface area contributed by atoms with E-state index < -0.39 is 9.84 Å². The van der Waals surface area contributed by atoms with E-state index in [0.717, 1.165) is 16.8 Å². The molecule has 0 saturated carbocycles. The summed E-state index contributed by atoms with van der Waals surface area (Å²) < 4.78 is 31.1. The van der Waals surface area contributed by atoms with Gasteiger partial charge in [0, 0.05) is 16.8 Å². The molecule has 0 bridgehead atoms. The second-order valence-corrected chi connectivity index (χ2v) is 9.99. The lowest BCUT2D eigenvalue weighted by atomic mass is 10.1. The van der Waals surface area contributed by atoms with Gasteiger partial charge in [0.15, 0.2) is 9.84 Å². The van der Waals surface area contributed by atoms with Crippen LogP contribution in [0.3, 0.4) is 0 Å². The Hall–Kier alpha value is -3.71. The maximum atomic E-state index is 12.7. The zero-order chi connectivity index (χ0) is 23.6. The van der Waals surface area contributed by atoms with E-state index in [0.29, 0.717) is 28.5 Å². The highest BCUT2D eigenvalue weighted by molar-refractivity contribution is 7.90. The monoisotopic (exact) mass is 460 g/mol. The van der Waals surface area contributed by atoms with Gasteiger partial charge in [-0.1, -0.05) is 24.3 Å². The number of carbonyl (C=O) groups is 1. The molecule has 3 aromatic carbocycles. The number of hydrogen-bond acceptors (Lipinski definition) is 5. The van der Waals surface area contributed by atoms with Crippen molar-refractivity contribution < 1.29 is 17.6 Å². The fourth-order valence-corrected chi connectivity index (χ4v) is 4.96. The van der Waals surface area contributed by atoms with Crippen molar-refractivity contribution in [3.8, 4) is 11.5 Å². The van der Waals surface area contributed by atoms with Crippen LogP contribution in [0.25, 0.3) is 11.5 Å². The summed E-state index contributed by atoms with van der Waals surface area (Å²) in [6, 6.07) is 21.0. The Kier molecular flexibility index (Phi) is 6.16. The van der Waals surface area contributed by atoms with Crippen LogP contribution in [0.1, 0.15) is 32.9 Å². The molecule has 0 radical (unpaired) electrons. The number of rotatable bonds is 6. The largest absolute Gasteiger partial charge is 0.441 e. The predicted molar refractivity (Wildman–Crippen MR) is 128 cm³/mol. The lowest BCUT2D eigenvalue weighted by Gasteiger charge is -2.08. The van der Waals surface area contributed by atoms with Gasteiger partial charge in [-0.05, 0) is 80.4 Å². The van der Waals surface area contributed by atoms with Crippen LogP contribution in [0.5, 0.6) is 0 Å². The number of benzene rings is 3. The molecule has 0 aliphatic carbocycles. The highest BCUT2D eigenvalue weighted by atomic mass is 32.2. The van der Waals surface area contributed by atoms with Gasteiger partial charge in [-0.3, -0.25) is 4.79 Å². The van der Waals surface area contributed by atoms with Gasteiger partial charge in [0.1, 0.15) is 11.5 Å². The van der Waals surface area contributed by atoms with E-state index in [1.807, 2.05) is 32.0 Å². The Labute approximate surface area is 193 Å². The average Bonchev–Trinajstić information content (AvgIpc) is 3.13. The number of amides is 1. The van der Waals surface area contributed by atoms with E-state index in [2.05, 4.69) is 10.3 Å². The minimum atomic E-state index is -3.53. The first-order valence-corrected chi connectivity index (χ1v) is 12.1. The fraction of sp³-hybridized carbons (Fsp3) is 0.154. The van der Waals surface area contributed by atoms with Crippen molar-refractivity contribution >= 4 is 21.4 Å². The SMILES string of the molecule is Cc1cc(C)cc(NC(=O)c2ccc(-c3nc(CS(=O)(=O)c4ccccc4)c(C)o3)cc2)c1. The van der Waals surface area contributed by atoms with Crippen LogP contribution >= 0.6 is 0 Å². The van der Waals surface area contributed by atoms with E-state index in [-0.39, 0.29) is 16.6 Å². The van der Waals surface area contributed by atoms with Gasteiger partial charge in [0.25, 0.3) is 5.91 Å². The molecular formula is C26H24N2O4S. The predicted octanol–water partition coefficient (Wildman–Crippen LogP) is 5.49. The molecule has 4 rings (SSSR count). The Morgan fingerprint density at radius 2 is 1.55 bits per heavy atom. The lowest BCUT2D eigenvalue weighted by molar-refractivity contribution is 0.102. The molecule has 1 aromatic heterocycles. The third kappa shape index (κ3) is 5.21. The number of nitrogens with zero attached hydrogens (tertiary/aromatic N) is 1. The highest BCUT2D eigenvalue weighted by Gasteiger charge is 2.21. The lowest BCUT2D eigenvalue weighted by Crippen LogP contribution is -2.12. The summed E-state index contributed by atoms with van der Waals surface area (Å²) in [7, 11) is -3.53. The molecule has 0 unspecified atom stereocenters. The Balaban J connectivity index is 1.51. The van der Waals surface area contributed by atoms with Crippen molar-refractivity contribution in [3.05, 3.63) is 101 Å². The molecule has 0 fully saturated rings. The van der Waals surface area contributed by atoms with Crippen LogP contribution in [0, 0.1) is 20.8 Å². The molecule has 1 amide bonds. The number of oxazole rings is 1. The second kappa shape index (κ2) is 9.03. The molecule has 1 heterocycles. The van der Waals surface area contributed by atoms with E-state index in [9.17, 15) is 13.2 Å². The minimum Gasteiger partial charge on any atom is -0.441 e. The molecule has 6 nitrogen and oxygen atoms in total. The van der Waals surface area contributed by atoms with Crippen LogP contribution < -0.4 is 5.32 Å². The van der Waals surface area contributed by atoms with Crippen molar-refractivity contribution in [2.24, 2.45) is 0 Å². The van der Waals surface area contributed by atoms with Crippen LogP contribution in [-0.4, -0.2) is 19.3 Å². The molecule has 0 atom stereocenters. The van der Waals surface area contributed by atoms with Gasteiger partial charge < -0.3 is 9.73 Å². The summed E-state index contributed by atoms with van der Waals surface area (Å²) in [6.45, 7) is 5.66. The van der Waals surface area contributed by atoms with Crippen molar-refractivity contribution in [2.45, 2.75) is 31.4 Å². The third-order valence-electron chi connectivity index (χ3n) is 5.20. The number of aromatic nitrogens is 1. The summed E-state index contributed by atoms with van der Waals surface area (Å²) in [5.74, 6) is 0.292. The zero-order valence-corrected chi connectivity index (χ0v) is 19.4. The molecule has 7 heteroatoms. The molecule has 33 heavy (non-hydrogen) atoms. The molecule has 4 aromatic rings. The van der Waals surface area contributed by atoms with Gasteiger partial charge in [0.05, 0.1) is 10.6 Å². The van der Waals surface area contributed by atoms with E-state index in [1.165, 1.54) is 0 Å². The van der Waals surface area contributed by atoms with Crippen LogP contribution in [0.4, 0.5) is 5.69 Å². The first kappa shape index (κ1) is 22.5. The number of aryl methyl sites for hydroxylation is 3. The topological polar surface area (TPSA) is 89.3 Å². The summed E-state index contributed by atoms with van der Waals surface area (Å²) in [5.41, 5.74) is 4.41. The van der Waals surface area contributed by atoms with E-state index >= 15 is 0 Å². The number of sulfone groups is 1. The van der Waals surface area contributed by atoms with Gasteiger partial charge >= 0.3 is 0 Å². The normalized spacial score (nSPS) is 11.4.